The van der Waals surface area contributed by atoms with Crippen molar-refractivity contribution in [2.24, 2.45) is 5.92 Å². The van der Waals surface area contributed by atoms with Crippen molar-refractivity contribution >= 4 is 39.8 Å². The monoisotopic (exact) mass is 400 g/mol. The number of aliphatic carboxylic acids is 1. The average Bonchev–Trinajstić information content (AvgIpc) is 3.16. The predicted molar refractivity (Wildman–Crippen MR) is 110 cm³/mol. The van der Waals surface area contributed by atoms with E-state index < -0.39 is 5.97 Å². The number of rotatable bonds is 7. The second-order valence-electron chi connectivity index (χ2n) is 7.29. The molecule has 1 aromatic heterocycles. The fourth-order valence-electron chi connectivity index (χ4n) is 3.49. The summed E-state index contributed by atoms with van der Waals surface area (Å²) in [6.07, 6.45) is 2.79. The summed E-state index contributed by atoms with van der Waals surface area (Å²) in [5, 5.41) is 15.2. The molecule has 3 rings (SSSR count). The number of nitrogens with one attached hydrogen (secondary N) is 2. The van der Waals surface area contributed by atoms with E-state index in [1.807, 2.05) is 31.2 Å². The van der Waals surface area contributed by atoms with Gasteiger partial charge in [-0.3, -0.25) is 14.4 Å². The molecule has 0 unspecified atom stereocenters. The van der Waals surface area contributed by atoms with Gasteiger partial charge in [0.05, 0.1) is 5.56 Å². The Morgan fingerprint density at radius 3 is 2.61 bits per heavy atom. The molecule has 0 saturated heterocycles. The van der Waals surface area contributed by atoms with Gasteiger partial charge in [0.25, 0.3) is 5.91 Å². The Labute approximate surface area is 168 Å². The Morgan fingerprint density at radius 1 is 1.14 bits per heavy atom. The number of carboxylic acid groups (broad SMARTS) is 1. The molecule has 0 radical (unpaired) electrons. The lowest BCUT2D eigenvalue weighted by atomic mass is 10.0. The van der Waals surface area contributed by atoms with E-state index >= 15 is 0 Å². The maximum Gasteiger partial charge on any atom is 0.303 e. The summed E-state index contributed by atoms with van der Waals surface area (Å²) >= 11 is 1.45. The molecule has 0 spiro atoms. The van der Waals surface area contributed by atoms with Crippen molar-refractivity contribution in [2.45, 2.75) is 46.0 Å². The SMILES string of the molecule is Cc1ccccc1NC(=O)c1c(NC(=O)C[C@@H](C)CC(=O)O)sc2c1CCC2. The average molecular weight is 401 g/mol. The number of thiophene rings is 1. The summed E-state index contributed by atoms with van der Waals surface area (Å²) in [6.45, 7) is 3.66. The van der Waals surface area contributed by atoms with Crippen LogP contribution in [-0.4, -0.2) is 22.9 Å². The van der Waals surface area contributed by atoms with E-state index in [2.05, 4.69) is 10.6 Å². The van der Waals surface area contributed by atoms with Gasteiger partial charge < -0.3 is 15.7 Å². The van der Waals surface area contributed by atoms with Crippen LogP contribution in [0.1, 0.15) is 52.5 Å². The van der Waals surface area contributed by atoms with Crippen LogP contribution >= 0.6 is 11.3 Å². The summed E-state index contributed by atoms with van der Waals surface area (Å²) in [6, 6.07) is 7.57. The number of hydrogen-bond acceptors (Lipinski definition) is 4. The third-order valence-corrected chi connectivity index (χ3v) is 6.06. The van der Waals surface area contributed by atoms with Gasteiger partial charge in [-0.1, -0.05) is 25.1 Å². The van der Waals surface area contributed by atoms with Gasteiger partial charge in [-0.05, 0) is 49.3 Å². The second-order valence-corrected chi connectivity index (χ2v) is 8.39. The van der Waals surface area contributed by atoms with Crippen LogP contribution in [0.3, 0.4) is 0 Å². The molecule has 1 heterocycles. The molecule has 0 fully saturated rings. The summed E-state index contributed by atoms with van der Waals surface area (Å²) in [7, 11) is 0. The molecule has 0 saturated carbocycles. The number of carbonyl (C=O) groups is 3. The second kappa shape index (κ2) is 8.56. The van der Waals surface area contributed by atoms with E-state index in [-0.39, 0.29) is 30.6 Å². The van der Waals surface area contributed by atoms with Crippen LogP contribution in [0, 0.1) is 12.8 Å². The molecular weight excluding hydrogens is 376 g/mol. The third-order valence-electron chi connectivity index (χ3n) is 4.85. The van der Waals surface area contributed by atoms with Crippen LogP contribution in [0.5, 0.6) is 0 Å². The van der Waals surface area contributed by atoms with Gasteiger partial charge in [0, 0.05) is 23.4 Å². The van der Waals surface area contributed by atoms with E-state index in [1.165, 1.54) is 11.3 Å². The molecule has 1 atom stereocenters. The summed E-state index contributed by atoms with van der Waals surface area (Å²) in [5.41, 5.74) is 3.28. The molecule has 1 aliphatic carbocycles. The molecule has 2 amide bonds. The molecule has 1 aromatic carbocycles. The summed E-state index contributed by atoms with van der Waals surface area (Å²) < 4.78 is 0. The van der Waals surface area contributed by atoms with E-state index in [0.717, 1.165) is 41.0 Å². The largest absolute Gasteiger partial charge is 0.481 e. The zero-order valence-electron chi connectivity index (χ0n) is 16.0. The topological polar surface area (TPSA) is 95.5 Å². The van der Waals surface area contributed by atoms with Crippen LogP contribution in [0.4, 0.5) is 10.7 Å². The van der Waals surface area contributed by atoms with Crippen LogP contribution < -0.4 is 10.6 Å². The van der Waals surface area contributed by atoms with Gasteiger partial charge >= 0.3 is 5.97 Å². The van der Waals surface area contributed by atoms with Gasteiger partial charge in [0.1, 0.15) is 5.00 Å². The van der Waals surface area contributed by atoms with Crippen molar-refractivity contribution in [1.82, 2.24) is 0 Å². The molecule has 0 bridgehead atoms. The highest BCUT2D eigenvalue weighted by molar-refractivity contribution is 7.17. The lowest BCUT2D eigenvalue weighted by molar-refractivity contribution is -0.138. The highest BCUT2D eigenvalue weighted by atomic mass is 32.1. The lowest BCUT2D eigenvalue weighted by Gasteiger charge is -2.12. The van der Waals surface area contributed by atoms with E-state index in [1.54, 1.807) is 6.92 Å². The van der Waals surface area contributed by atoms with Crippen LogP contribution in [-0.2, 0) is 22.4 Å². The number of carbonyl (C=O) groups excluding carboxylic acids is 2. The minimum atomic E-state index is -0.923. The number of benzene rings is 1. The van der Waals surface area contributed by atoms with Crippen LogP contribution in [0.25, 0.3) is 0 Å². The van der Waals surface area contributed by atoms with E-state index in [0.29, 0.717) is 10.6 Å². The van der Waals surface area contributed by atoms with Crippen molar-refractivity contribution < 1.29 is 19.5 Å². The summed E-state index contributed by atoms with van der Waals surface area (Å²) in [5.74, 6) is -1.68. The number of hydrogen-bond donors (Lipinski definition) is 3. The first kappa shape index (κ1) is 20.1. The van der Waals surface area contributed by atoms with Gasteiger partial charge in [0.15, 0.2) is 0 Å². The van der Waals surface area contributed by atoms with Crippen LogP contribution in [0.15, 0.2) is 24.3 Å². The quantitative estimate of drug-likeness (QED) is 0.648. The number of anilines is 2. The number of aryl methyl sites for hydroxylation is 2. The van der Waals surface area contributed by atoms with Crippen molar-refractivity contribution in [3.63, 3.8) is 0 Å². The number of carboxylic acids is 1. The minimum absolute atomic E-state index is 0.0605. The van der Waals surface area contributed by atoms with Crippen LogP contribution in [0.2, 0.25) is 0 Å². The molecule has 3 N–H and O–H groups in total. The molecule has 148 valence electrons. The lowest BCUT2D eigenvalue weighted by Crippen LogP contribution is -2.20. The maximum absolute atomic E-state index is 13.0. The van der Waals surface area contributed by atoms with Crippen molar-refractivity contribution in [3.05, 3.63) is 45.8 Å². The van der Waals surface area contributed by atoms with Crippen molar-refractivity contribution in [3.8, 4) is 0 Å². The Balaban J connectivity index is 1.79. The highest BCUT2D eigenvalue weighted by Crippen LogP contribution is 2.39. The van der Waals surface area contributed by atoms with Crippen molar-refractivity contribution in [1.29, 1.82) is 0 Å². The maximum atomic E-state index is 13.0. The molecule has 7 heteroatoms. The first-order valence-corrected chi connectivity index (χ1v) is 10.2. The fourth-order valence-corrected chi connectivity index (χ4v) is 4.80. The first-order chi connectivity index (χ1) is 13.3. The van der Waals surface area contributed by atoms with Gasteiger partial charge in [0.2, 0.25) is 5.91 Å². The van der Waals surface area contributed by atoms with E-state index in [4.69, 9.17) is 5.11 Å². The number of amides is 2. The molecule has 6 nitrogen and oxygen atoms in total. The van der Waals surface area contributed by atoms with Gasteiger partial charge in [-0.25, -0.2) is 0 Å². The zero-order chi connectivity index (χ0) is 20.3. The van der Waals surface area contributed by atoms with Gasteiger partial charge in [-0.15, -0.1) is 11.3 Å². The predicted octanol–water partition coefficient (Wildman–Crippen LogP) is 4.24. The Kier molecular flexibility index (Phi) is 6.14. The number of fused-ring (bicyclic) bond motifs is 1. The van der Waals surface area contributed by atoms with Crippen molar-refractivity contribution in [2.75, 3.05) is 10.6 Å². The Morgan fingerprint density at radius 2 is 1.89 bits per heavy atom. The number of para-hydroxylation sites is 1. The van der Waals surface area contributed by atoms with Gasteiger partial charge in [-0.2, -0.15) is 0 Å². The third kappa shape index (κ3) is 4.59. The Hall–Kier alpha value is -2.67. The zero-order valence-corrected chi connectivity index (χ0v) is 16.8. The summed E-state index contributed by atoms with van der Waals surface area (Å²) in [4.78, 5) is 37.4. The highest BCUT2D eigenvalue weighted by Gasteiger charge is 2.28. The fraction of sp³-hybridized carbons (Fsp3) is 0.381. The normalized spacial score (nSPS) is 13.6. The first-order valence-electron chi connectivity index (χ1n) is 9.38. The smallest absolute Gasteiger partial charge is 0.303 e. The standard InChI is InChI=1S/C21H24N2O4S/c1-12(11-18(25)26)10-17(24)23-21-19(14-7-5-9-16(14)28-21)20(27)22-15-8-4-3-6-13(15)2/h3-4,6,8,12H,5,7,9-11H2,1-2H3,(H,22,27)(H,23,24)(H,25,26)/t12-/m1/s1. The molecule has 0 aliphatic heterocycles. The molecular formula is C21H24N2O4S. The molecule has 2 aromatic rings. The molecule has 28 heavy (non-hydrogen) atoms. The Bertz CT molecular complexity index is 919. The van der Waals surface area contributed by atoms with E-state index in [9.17, 15) is 14.4 Å². The minimum Gasteiger partial charge on any atom is -0.481 e. The molecule has 1 aliphatic rings.